The number of nitrogens with two attached hydrogens (primary N) is 1. The summed E-state index contributed by atoms with van der Waals surface area (Å²) in [6, 6.07) is 7.17. The van der Waals surface area contributed by atoms with Crippen molar-refractivity contribution in [2.24, 2.45) is 5.73 Å². The van der Waals surface area contributed by atoms with Gasteiger partial charge in [0.2, 0.25) is 0 Å². The molecule has 9 heteroatoms. The molecule has 1 atom stereocenters. The van der Waals surface area contributed by atoms with Crippen molar-refractivity contribution in [3.05, 3.63) is 58.1 Å². The van der Waals surface area contributed by atoms with E-state index in [1.54, 1.807) is 16.9 Å². The van der Waals surface area contributed by atoms with Crippen LogP contribution in [0.3, 0.4) is 0 Å². The monoisotopic (exact) mass is 428 g/mol. The summed E-state index contributed by atoms with van der Waals surface area (Å²) < 4.78 is 41.5. The highest BCUT2D eigenvalue weighted by molar-refractivity contribution is 7.14. The van der Waals surface area contributed by atoms with Gasteiger partial charge in [-0.1, -0.05) is 29.8 Å². The van der Waals surface area contributed by atoms with Gasteiger partial charge in [-0.25, -0.2) is 0 Å². The predicted molar refractivity (Wildman–Crippen MR) is 108 cm³/mol. The summed E-state index contributed by atoms with van der Waals surface area (Å²) in [5.74, 6) is 0. The number of nitrogens with one attached hydrogen (secondary N) is 1. The van der Waals surface area contributed by atoms with Gasteiger partial charge >= 0.3 is 6.18 Å². The molecule has 1 aromatic carbocycles. The first kappa shape index (κ1) is 20.7. The Morgan fingerprint density at radius 2 is 2.07 bits per heavy atom. The normalized spacial score (nSPS) is 12.9. The van der Waals surface area contributed by atoms with Crippen molar-refractivity contribution >= 4 is 27.9 Å². The fourth-order valence-corrected chi connectivity index (χ4v) is 4.17. The summed E-state index contributed by atoms with van der Waals surface area (Å²) in [6.45, 7) is 2.86. The SMILES string of the molecule is CCn1ncc(Cl)c1-c1csc(N[C@H](CN)Cc2ccccc2C(F)(F)F)c1. The van der Waals surface area contributed by atoms with Crippen molar-refractivity contribution in [3.63, 3.8) is 0 Å². The average Bonchev–Trinajstić information content (AvgIpc) is 3.26. The number of hydrogen-bond donors (Lipinski definition) is 2. The summed E-state index contributed by atoms with van der Waals surface area (Å²) in [5.41, 5.74) is 7.15. The molecule has 0 aliphatic rings. The molecule has 0 saturated heterocycles. The Bertz CT molecular complexity index is 935. The zero-order valence-corrected chi connectivity index (χ0v) is 16.7. The van der Waals surface area contributed by atoms with Crippen molar-refractivity contribution in [3.8, 4) is 11.3 Å². The minimum absolute atomic E-state index is 0.174. The number of aryl methyl sites for hydroxylation is 1. The lowest BCUT2D eigenvalue weighted by Gasteiger charge is -2.19. The van der Waals surface area contributed by atoms with Crippen LogP contribution in [0.2, 0.25) is 5.02 Å². The molecule has 2 aromatic heterocycles. The molecule has 0 bridgehead atoms. The molecule has 0 saturated carbocycles. The predicted octanol–water partition coefficient (Wildman–Crippen LogP) is 5.29. The van der Waals surface area contributed by atoms with Crippen LogP contribution in [0.25, 0.3) is 11.3 Å². The molecule has 0 fully saturated rings. The smallest absolute Gasteiger partial charge is 0.373 e. The highest BCUT2D eigenvalue weighted by Crippen LogP contribution is 2.35. The van der Waals surface area contributed by atoms with Crippen LogP contribution in [0.4, 0.5) is 18.2 Å². The maximum absolute atomic E-state index is 13.2. The molecule has 0 radical (unpaired) electrons. The standard InChI is InChI=1S/C19H20ClF3N4S/c1-2-27-18(16(20)10-25-27)13-8-17(28-11-13)26-14(9-24)7-12-5-3-4-6-15(12)19(21,22)23/h3-6,8,10-11,14,26H,2,7,9,24H2,1H3/t14-/m0/s1. The minimum Gasteiger partial charge on any atom is -0.373 e. The van der Waals surface area contributed by atoms with E-state index in [0.717, 1.165) is 22.3 Å². The van der Waals surface area contributed by atoms with Gasteiger partial charge in [-0.15, -0.1) is 11.3 Å². The Morgan fingerprint density at radius 1 is 1.32 bits per heavy atom. The van der Waals surface area contributed by atoms with Crippen LogP contribution in [-0.4, -0.2) is 22.4 Å². The first-order valence-electron chi connectivity index (χ1n) is 8.75. The second kappa shape index (κ2) is 8.55. The zero-order valence-electron chi connectivity index (χ0n) is 15.1. The number of anilines is 1. The van der Waals surface area contributed by atoms with Gasteiger partial charge < -0.3 is 11.1 Å². The molecule has 3 rings (SSSR count). The molecule has 150 valence electrons. The number of thiophene rings is 1. The second-order valence-electron chi connectivity index (χ2n) is 6.29. The van der Waals surface area contributed by atoms with Gasteiger partial charge in [-0.2, -0.15) is 18.3 Å². The van der Waals surface area contributed by atoms with E-state index in [1.165, 1.54) is 23.5 Å². The van der Waals surface area contributed by atoms with Crippen molar-refractivity contribution in [2.75, 3.05) is 11.9 Å². The Hall–Kier alpha value is -2.03. The van der Waals surface area contributed by atoms with E-state index in [-0.39, 0.29) is 24.6 Å². The van der Waals surface area contributed by atoms with Crippen LogP contribution in [0.1, 0.15) is 18.1 Å². The van der Waals surface area contributed by atoms with Gasteiger partial charge in [0.05, 0.1) is 27.5 Å². The summed E-state index contributed by atoms with van der Waals surface area (Å²) in [6.07, 6.45) is -2.61. The molecule has 3 N–H and O–H groups in total. The minimum atomic E-state index is -4.39. The summed E-state index contributed by atoms with van der Waals surface area (Å²) in [7, 11) is 0. The Balaban J connectivity index is 1.78. The largest absolute Gasteiger partial charge is 0.416 e. The molecule has 0 aliphatic carbocycles. The van der Waals surface area contributed by atoms with Crippen LogP contribution in [0.5, 0.6) is 0 Å². The third kappa shape index (κ3) is 4.51. The van der Waals surface area contributed by atoms with Crippen LogP contribution in [-0.2, 0) is 19.1 Å². The number of alkyl halides is 3. The molecular formula is C19H20ClF3N4S. The third-order valence-corrected chi connectivity index (χ3v) is 5.53. The van der Waals surface area contributed by atoms with Crippen LogP contribution >= 0.6 is 22.9 Å². The fraction of sp³-hybridized carbons (Fsp3) is 0.316. The first-order valence-corrected chi connectivity index (χ1v) is 10.0. The van der Waals surface area contributed by atoms with E-state index in [4.69, 9.17) is 17.3 Å². The van der Waals surface area contributed by atoms with Gasteiger partial charge in [-0.3, -0.25) is 4.68 Å². The van der Waals surface area contributed by atoms with E-state index < -0.39 is 11.7 Å². The van der Waals surface area contributed by atoms with Gasteiger partial charge in [0.25, 0.3) is 0 Å². The number of benzene rings is 1. The maximum atomic E-state index is 13.2. The highest BCUT2D eigenvalue weighted by atomic mass is 35.5. The number of rotatable bonds is 7. The molecule has 0 spiro atoms. The van der Waals surface area contributed by atoms with Crippen LogP contribution in [0, 0.1) is 0 Å². The summed E-state index contributed by atoms with van der Waals surface area (Å²) >= 11 is 7.69. The molecule has 0 amide bonds. The Morgan fingerprint density at radius 3 is 2.75 bits per heavy atom. The fourth-order valence-electron chi connectivity index (χ4n) is 3.06. The molecule has 2 heterocycles. The van der Waals surface area contributed by atoms with Gasteiger partial charge in [-0.05, 0) is 31.0 Å². The highest BCUT2D eigenvalue weighted by Gasteiger charge is 2.33. The Kier molecular flexibility index (Phi) is 6.32. The van der Waals surface area contributed by atoms with Crippen molar-refractivity contribution in [2.45, 2.75) is 32.1 Å². The molecule has 4 nitrogen and oxygen atoms in total. The molecular weight excluding hydrogens is 409 g/mol. The van der Waals surface area contributed by atoms with E-state index in [0.29, 0.717) is 11.6 Å². The zero-order chi connectivity index (χ0) is 20.3. The third-order valence-electron chi connectivity index (χ3n) is 4.39. The van der Waals surface area contributed by atoms with E-state index in [1.807, 2.05) is 18.4 Å². The lowest BCUT2D eigenvalue weighted by molar-refractivity contribution is -0.138. The van der Waals surface area contributed by atoms with Crippen molar-refractivity contribution in [1.82, 2.24) is 9.78 Å². The Labute approximate surface area is 170 Å². The molecule has 3 aromatic rings. The maximum Gasteiger partial charge on any atom is 0.416 e. The first-order chi connectivity index (χ1) is 13.3. The van der Waals surface area contributed by atoms with E-state index in [9.17, 15) is 13.2 Å². The number of halogens is 4. The van der Waals surface area contributed by atoms with Crippen LogP contribution in [0.15, 0.2) is 41.9 Å². The van der Waals surface area contributed by atoms with Crippen molar-refractivity contribution in [1.29, 1.82) is 0 Å². The quantitative estimate of drug-likeness (QED) is 0.538. The van der Waals surface area contributed by atoms with E-state index >= 15 is 0 Å². The number of aromatic nitrogens is 2. The molecule has 0 aliphatic heterocycles. The lowest BCUT2D eigenvalue weighted by Crippen LogP contribution is -2.31. The summed E-state index contributed by atoms with van der Waals surface area (Å²) in [5, 5.41) is 10.8. The lowest BCUT2D eigenvalue weighted by atomic mass is 10.00. The van der Waals surface area contributed by atoms with E-state index in [2.05, 4.69) is 10.4 Å². The van der Waals surface area contributed by atoms with Crippen LogP contribution < -0.4 is 11.1 Å². The molecule has 28 heavy (non-hydrogen) atoms. The number of hydrogen-bond acceptors (Lipinski definition) is 4. The molecule has 0 unspecified atom stereocenters. The van der Waals surface area contributed by atoms with Gasteiger partial charge in [0, 0.05) is 30.1 Å². The average molecular weight is 429 g/mol. The second-order valence-corrected chi connectivity index (χ2v) is 7.61. The number of nitrogens with zero attached hydrogens (tertiary/aromatic N) is 2. The summed E-state index contributed by atoms with van der Waals surface area (Å²) in [4.78, 5) is 0. The topological polar surface area (TPSA) is 55.9 Å². The van der Waals surface area contributed by atoms with Gasteiger partial charge in [0.1, 0.15) is 0 Å². The van der Waals surface area contributed by atoms with Crippen molar-refractivity contribution < 1.29 is 13.2 Å². The van der Waals surface area contributed by atoms with Gasteiger partial charge in [0.15, 0.2) is 0 Å².